The number of piperidine rings is 1. The van der Waals surface area contributed by atoms with Crippen molar-refractivity contribution in [2.75, 3.05) is 23.7 Å². The van der Waals surface area contributed by atoms with Crippen LogP contribution >= 0.6 is 0 Å². The van der Waals surface area contributed by atoms with E-state index in [9.17, 15) is 4.79 Å². The van der Waals surface area contributed by atoms with Crippen molar-refractivity contribution in [3.8, 4) is 0 Å². The lowest BCUT2D eigenvalue weighted by atomic mass is 9.96. The zero-order valence-corrected chi connectivity index (χ0v) is 9.10. The molecule has 0 spiro atoms. The summed E-state index contributed by atoms with van der Waals surface area (Å²) in [7, 11) is 0. The van der Waals surface area contributed by atoms with Gasteiger partial charge in [-0.15, -0.1) is 0 Å². The van der Waals surface area contributed by atoms with Crippen molar-refractivity contribution in [3.05, 3.63) is 18.2 Å². The highest BCUT2D eigenvalue weighted by Gasteiger charge is 2.23. The first-order valence-electron chi connectivity index (χ1n) is 5.43. The summed E-state index contributed by atoms with van der Waals surface area (Å²) in [6.45, 7) is 1.62. The Balaban J connectivity index is 2.01. The average Bonchev–Trinajstić information content (AvgIpc) is 2.29. The summed E-state index contributed by atoms with van der Waals surface area (Å²) in [6, 6.07) is 5.58. The summed E-state index contributed by atoms with van der Waals surface area (Å²) < 4.78 is 0. The van der Waals surface area contributed by atoms with E-state index in [-0.39, 0.29) is 11.8 Å². The summed E-state index contributed by atoms with van der Waals surface area (Å²) in [5.74, 6) is 1.22. The number of aromatic nitrogens is 1. The molecule has 4 N–H and O–H groups in total. The molecule has 86 valence electrons. The second-order valence-electron chi connectivity index (χ2n) is 4.08. The number of nitrogens with two attached hydrogens (primary N) is 2. The van der Waals surface area contributed by atoms with Crippen LogP contribution in [-0.2, 0) is 4.79 Å². The number of nitrogens with zero attached hydrogens (tertiary/aromatic N) is 2. The standard InChI is InChI=1S/C11H16N4O/c12-9-2-1-3-10(14-9)15-6-4-8(5-7-15)11(13)16/h1-3,8H,4-7H2,(H2,12,14)(H2,13,16). The number of nitrogen functional groups attached to an aromatic ring is 1. The Labute approximate surface area is 94.4 Å². The fraction of sp³-hybridized carbons (Fsp3) is 0.455. The second-order valence-corrected chi connectivity index (χ2v) is 4.08. The Hall–Kier alpha value is -1.78. The molecule has 1 saturated heterocycles. The zero-order valence-electron chi connectivity index (χ0n) is 9.10. The quantitative estimate of drug-likeness (QED) is 0.753. The van der Waals surface area contributed by atoms with Crippen LogP contribution in [0.3, 0.4) is 0 Å². The van der Waals surface area contributed by atoms with Crippen molar-refractivity contribution in [1.82, 2.24) is 4.98 Å². The molecule has 0 radical (unpaired) electrons. The first-order chi connectivity index (χ1) is 7.66. The molecule has 1 amide bonds. The van der Waals surface area contributed by atoms with Crippen LogP contribution in [0.5, 0.6) is 0 Å². The summed E-state index contributed by atoms with van der Waals surface area (Å²) in [5.41, 5.74) is 10.9. The predicted octanol–water partition coefficient (Wildman–Crippen LogP) is 0.365. The molecule has 1 aromatic rings. The number of anilines is 2. The van der Waals surface area contributed by atoms with Crippen molar-refractivity contribution < 1.29 is 4.79 Å². The van der Waals surface area contributed by atoms with Crippen molar-refractivity contribution in [2.24, 2.45) is 11.7 Å². The number of carbonyl (C=O) groups excluding carboxylic acids is 1. The van der Waals surface area contributed by atoms with E-state index in [0.29, 0.717) is 5.82 Å². The van der Waals surface area contributed by atoms with E-state index in [0.717, 1.165) is 31.7 Å². The Morgan fingerprint density at radius 1 is 1.38 bits per heavy atom. The molecule has 0 atom stereocenters. The van der Waals surface area contributed by atoms with Gasteiger partial charge in [-0.1, -0.05) is 6.07 Å². The van der Waals surface area contributed by atoms with Crippen LogP contribution in [0.1, 0.15) is 12.8 Å². The number of pyridine rings is 1. The van der Waals surface area contributed by atoms with Crippen LogP contribution in [0.25, 0.3) is 0 Å². The SMILES string of the molecule is NC(=O)C1CCN(c2cccc(N)n2)CC1. The second kappa shape index (κ2) is 4.38. The van der Waals surface area contributed by atoms with Crippen molar-refractivity contribution in [3.63, 3.8) is 0 Å². The Morgan fingerprint density at radius 3 is 2.62 bits per heavy atom. The number of primary amides is 1. The Morgan fingerprint density at radius 2 is 2.06 bits per heavy atom. The highest BCUT2D eigenvalue weighted by molar-refractivity contribution is 5.77. The monoisotopic (exact) mass is 220 g/mol. The van der Waals surface area contributed by atoms with Gasteiger partial charge in [0, 0.05) is 19.0 Å². The molecule has 5 heteroatoms. The Kier molecular flexibility index (Phi) is 2.94. The molecule has 1 aliphatic rings. The van der Waals surface area contributed by atoms with Gasteiger partial charge in [0.2, 0.25) is 5.91 Å². The van der Waals surface area contributed by atoms with Crippen LogP contribution in [0, 0.1) is 5.92 Å². The highest BCUT2D eigenvalue weighted by Crippen LogP contribution is 2.21. The molecule has 1 fully saturated rings. The van der Waals surface area contributed by atoms with Gasteiger partial charge in [0.05, 0.1) is 0 Å². The molecule has 1 aromatic heterocycles. The number of hydrogen-bond donors (Lipinski definition) is 2. The van der Waals surface area contributed by atoms with Crippen LogP contribution < -0.4 is 16.4 Å². The number of hydrogen-bond acceptors (Lipinski definition) is 4. The van der Waals surface area contributed by atoms with Gasteiger partial charge in [-0.25, -0.2) is 4.98 Å². The lowest BCUT2D eigenvalue weighted by Gasteiger charge is -2.31. The van der Waals surface area contributed by atoms with Crippen LogP contribution in [0.4, 0.5) is 11.6 Å². The third-order valence-electron chi connectivity index (χ3n) is 2.98. The minimum Gasteiger partial charge on any atom is -0.384 e. The number of carbonyl (C=O) groups is 1. The van der Waals surface area contributed by atoms with E-state index in [2.05, 4.69) is 9.88 Å². The normalized spacial score (nSPS) is 17.4. The number of rotatable bonds is 2. The van der Waals surface area contributed by atoms with E-state index in [4.69, 9.17) is 11.5 Å². The van der Waals surface area contributed by atoms with Gasteiger partial charge in [-0.2, -0.15) is 0 Å². The molecule has 0 aromatic carbocycles. The number of amides is 1. The van der Waals surface area contributed by atoms with Gasteiger partial charge < -0.3 is 16.4 Å². The third kappa shape index (κ3) is 2.24. The molecule has 0 bridgehead atoms. The molecule has 0 saturated carbocycles. The van der Waals surface area contributed by atoms with Crippen LogP contribution in [0.15, 0.2) is 18.2 Å². The van der Waals surface area contributed by atoms with E-state index >= 15 is 0 Å². The minimum absolute atomic E-state index is 0.0114. The largest absolute Gasteiger partial charge is 0.384 e. The highest BCUT2D eigenvalue weighted by atomic mass is 16.1. The molecule has 0 unspecified atom stereocenters. The maximum Gasteiger partial charge on any atom is 0.220 e. The molecule has 0 aliphatic carbocycles. The molecule has 2 rings (SSSR count). The topological polar surface area (TPSA) is 85.2 Å². The van der Waals surface area contributed by atoms with Crippen LogP contribution in [-0.4, -0.2) is 24.0 Å². The van der Waals surface area contributed by atoms with Crippen LogP contribution in [0.2, 0.25) is 0 Å². The maximum atomic E-state index is 11.0. The third-order valence-corrected chi connectivity index (χ3v) is 2.98. The van der Waals surface area contributed by atoms with Gasteiger partial charge in [0.15, 0.2) is 0 Å². The summed E-state index contributed by atoms with van der Waals surface area (Å²) in [4.78, 5) is 17.4. The lowest BCUT2D eigenvalue weighted by Crippen LogP contribution is -2.38. The molecule has 5 nitrogen and oxygen atoms in total. The van der Waals surface area contributed by atoms with Crippen molar-refractivity contribution in [1.29, 1.82) is 0 Å². The van der Waals surface area contributed by atoms with Gasteiger partial charge in [-0.3, -0.25) is 4.79 Å². The van der Waals surface area contributed by atoms with Gasteiger partial charge in [-0.05, 0) is 25.0 Å². The van der Waals surface area contributed by atoms with Crippen molar-refractivity contribution in [2.45, 2.75) is 12.8 Å². The zero-order chi connectivity index (χ0) is 11.5. The van der Waals surface area contributed by atoms with E-state index in [1.54, 1.807) is 6.07 Å². The molecular formula is C11H16N4O. The summed E-state index contributed by atoms with van der Waals surface area (Å²) in [6.07, 6.45) is 1.59. The minimum atomic E-state index is -0.194. The fourth-order valence-electron chi connectivity index (χ4n) is 2.01. The van der Waals surface area contributed by atoms with Gasteiger partial charge in [0.1, 0.15) is 11.6 Å². The van der Waals surface area contributed by atoms with E-state index in [1.807, 2.05) is 12.1 Å². The summed E-state index contributed by atoms with van der Waals surface area (Å²) >= 11 is 0. The first-order valence-corrected chi connectivity index (χ1v) is 5.43. The Bertz CT molecular complexity index is 385. The average molecular weight is 220 g/mol. The predicted molar refractivity (Wildman–Crippen MR) is 62.8 cm³/mol. The first kappa shape index (κ1) is 10.7. The van der Waals surface area contributed by atoms with Gasteiger partial charge in [0.25, 0.3) is 0 Å². The van der Waals surface area contributed by atoms with Crippen molar-refractivity contribution >= 4 is 17.5 Å². The molecular weight excluding hydrogens is 204 g/mol. The molecule has 16 heavy (non-hydrogen) atoms. The van der Waals surface area contributed by atoms with E-state index in [1.165, 1.54) is 0 Å². The maximum absolute atomic E-state index is 11.0. The van der Waals surface area contributed by atoms with E-state index < -0.39 is 0 Å². The fourth-order valence-corrected chi connectivity index (χ4v) is 2.01. The molecule has 1 aliphatic heterocycles. The van der Waals surface area contributed by atoms with Gasteiger partial charge >= 0.3 is 0 Å². The smallest absolute Gasteiger partial charge is 0.220 e. The summed E-state index contributed by atoms with van der Waals surface area (Å²) in [5, 5.41) is 0. The lowest BCUT2D eigenvalue weighted by molar-refractivity contribution is -0.122. The molecule has 2 heterocycles.